The number of nitrogens with one attached hydrogen (secondary N) is 1. The Morgan fingerprint density at radius 2 is 2.22 bits per heavy atom. The van der Waals surface area contributed by atoms with Crippen molar-refractivity contribution in [3.05, 3.63) is 0 Å². The van der Waals surface area contributed by atoms with Gasteiger partial charge in [-0.2, -0.15) is 11.8 Å². The van der Waals surface area contributed by atoms with Gasteiger partial charge in [0.25, 0.3) is 0 Å². The second kappa shape index (κ2) is 9.64. The van der Waals surface area contributed by atoms with E-state index < -0.39 is 5.54 Å². The molecule has 0 aromatic carbocycles. The van der Waals surface area contributed by atoms with Crippen molar-refractivity contribution in [2.24, 2.45) is 5.73 Å². The van der Waals surface area contributed by atoms with Crippen molar-refractivity contribution in [1.29, 1.82) is 0 Å². The first kappa shape index (κ1) is 17.7. The quantitative estimate of drug-likeness (QED) is 0.500. The average molecular weight is 276 g/mol. The molecule has 0 aliphatic carbocycles. The molecule has 4 nitrogen and oxygen atoms in total. The van der Waals surface area contributed by atoms with Crippen molar-refractivity contribution in [3.63, 3.8) is 0 Å². The van der Waals surface area contributed by atoms with Crippen molar-refractivity contribution in [2.75, 3.05) is 18.9 Å². The summed E-state index contributed by atoms with van der Waals surface area (Å²) in [5.41, 5.74) is 4.87. The number of rotatable bonds is 11. The standard InChI is InChI=1S/C13H28N2O2S/c1-4-8-15-13(3,12(14)17)7-5-10-18-11(2)6-9-16/h11,15-16H,4-10H2,1-3H3,(H2,14,17). The Kier molecular flexibility index (Phi) is 9.50. The van der Waals surface area contributed by atoms with Crippen LogP contribution in [0.3, 0.4) is 0 Å². The molecule has 0 aliphatic heterocycles. The van der Waals surface area contributed by atoms with E-state index in [2.05, 4.69) is 19.2 Å². The number of nitrogens with two attached hydrogens (primary N) is 1. The topological polar surface area (TPSA) is 75.3 Å². The Morgan fingerprint density at radius 3 is 2.72 bits per heavy atom. The van der Waals surface area contributed by atoms with Crippen molar-refractivity contribution in [2.45, 2.75) is 57.2 Å². The molecular formula is C13H28N2O2S. The van der Waals surface area contributed by atoms with Gasteiger partial charge >= 0.3 is 0 Å². The van der Waals surface area contributed by atoms with E-state index in [1.807, 2.05) is 18.7 Å². The third-order valence-electron chi connectivity index (χ3n) is 3.07. The van der Waals surface area contributed by atoms with Gasteiger partial charge in [-0.05, 0) is 44.9 Å². The van der Waals surface area contributed by atoms with E-state index in [-0.39, 0.29) is 12.5 Å². The zero-order chi connectivity index (χ0) is 14.0. The number of thioether (sulfide) groups is 1. The van der Waals surface area contributed by atoms with Gasteiger partial charge in [0, 0.05) is 11.9 Å². The van der Waals surface area contributed by atoms with E-state index in [1.54, 1.807) is 0 Å². The Balaban J connectivity index is 3.94. The zero-order valence-electron chi connectivity index (χ0n) is 11.9. The van der Waals surface area contributed by atoms with Gasteiger partial charge in [-0.3, -0.25) is 4.79 Å². The number of hydrogen-bond acceptors (Lipinski definition) is 4. The predicted molar refractivity (Wildman–Crippen MR) is 78.7 cm³/mol. The lowest BCUT2D eigenvalue weighted by Gasteiger charge is -2.27. The lowest BCUT2D eigenvalue weighted by Crippen LogP contribution is -2.53. The molecule has 0 fully saturated rings. The minimum Gasteiger partial charge on any atom is -0.396 e. The lowest BCUT2D eigenvalue weighted by molar-refractivity contribution is -0.124. The molecule has 0 aromatic rings. The first-order chi connectivity index (χ1) is 8.46. The van der Waals surface area contributed by atoms with Gasteiger partial charge in [-0.25, -0.2) is 0 Å². The fourth-order valence-electron chi connectivity index (χ4n) is 1.67. The third-order valence-corrected chi connectivity index (χ3v) is 4.40. The van der Waals surface area contributed by atoms with Crippen molar-refractivity contribution >= 4 is 17.7 Å². The highest BCUT2D eigenvalue weighted by Gasteiger charge is 2.29. The first-order valence-electron chi connectivity index (χ1n) is 6.73. The van der Waals surface area contributed by atoms with Crippen LogP contribution in [0.2, 0.25) is 0 Å². The first-order valence-corrected chi connectivity index (χ1v) is 7.78. The van der Waals surface area contributed by atoms with Crippen LogP contribution in [0.5, 0.6) is 0 Å². The van der Waals surface area contributed by atoms with Crippen LogP contribution in [0.1, 0.15) is 46.5 Å². The molecule has 0 heterocycles. The maximum Gasteiger partial charge on any atom is 0.237 e. The van der Waals surface area contributed by atoms with E-state index in [4.69, 9.17) is 10.8 Å². The Morgan fingerprint density at radius 1 is 1.56 bits per heavy atom. The normalized spacial score (nSPS) is 16.2. The van der Waals surface area contributed by atoms with Crippen molar-refractivity contribution in [1.82, 2.24) is 5.32 Å². The number of aliphatic hydroxyl groups excluding tert-OH is 1. The number of aliphatic hydroxyl groups is 1. The largest absolute Gasteiger partial charge is 0.396 e. The molecule has 0 spiro atoms. The zero-order valence-corrected chi connectivity index (χ0v) is 12.7. The van der Waals surface area contributed by atoms with Gasteiger partial charge in [0.1, 0.15) is 0 Å². The average Bonchev–Trinajstić information content (AvgIpc) is 2.32. The Labute approximate surface area is 115 Å². The molecule has 0 aromatic heterocycles. The van der Waals surface area contributed by atoms with Gasteiger partial charge in [0.05, 0.1) is 5.54 Å². The van der Waals surface area contributed by atoms with Gasteiger partial charge < -0.3 is 16.2 Å². The van der Waals surface area contributed by atoms with Crippen LogP contribution in [-0.2, 0) is 4.79 Å². The van der Waals surface area contributed by atoms with Crippen LogP contribution < -0.4 is 11.1 Å². The molecule has 108 valence electrons. The molecular weight excluding hydrogens is 248 g/mol. The summed E-state index contributed by atoms with van der Waals surface area (Å²) in [6, 6.07) is 0. The Hall–Kier alpha value is -0.260. The number of carbonyl (C=O) groups excluding carboxylic acids is 1. The van der Waals surface area contributed by atoms with E-state index in [0.717, 1.165) is 38.0 Å². The van der Waals surface area contributed by atoms with E-state index >= 15 is 0 Å². The number of hydrogen-bond donors (Lipinski definition) is 3. The summed E-state index contributed by atoms with van der Waals surface area (Å²) < 4.78 is 0. The van der Waals surface area contributed by atoms with Crippen LogP contribution in [0, 0.1) is 0 Å². The molecule has 0 saturated carbocycles. The van der Waals surface area contributed by atoms with E-state index in [1.165, 1.54) is 0 Å². The van der Waals surface area contributed by atoms with E-state index in [0.29, 0.717) is 5.25 Å². The van der Waals surface area contributed by atoms with Gasteiger partial charge in [-0.1, -0.05) is 13.8 Å². The molecule has 0 rings (SSSR count). The second-order valence-corrected chi connectivity index (χ2v) is 6.47. The molecule has 4 N–H and O–H groups in total. The summed E-state index contributed by atoms with van der Waals surface area (Å²) in [5, 5.41) is 12.5. The Bertz CT molecular complexity index is 239. The molecule has 2 unspecified atom stereocenters. The smallest absolute Gasteiger partial charge is 0.237 e. The SMILES string of the molecule is CCCNC(C)(CCCSC(C)CCO)C(N)=O. The minimum atomic E-state index is -0.587. The van der Waals surface area contributed by atoms with Crippen LogP contribution in [0.15, 0.2) is 0 Å². The maximum atomic E-state index is 11.5. The number of amides is 1. The van der Waals surface area contributed by atoms with Crippen LogP contribution in [-0.4, -0.2) is 40.7 Å². The summed E-state index contributed by atoms with van der Waals surface area (Å²) in [6.45, 7) is 7.12. The molecule has 1 amide bonds. The van der Waals surface area contributed by atoms with Crippen LogP contribution in [0.4, 0.5) is 0 Å². The molecule has 5 heteroatoms. The molecule has 0 aliphatic rings. The van der Waals surface area contributed by atoms with Crippen LogP contribution in [0.25, 0.3) is 0 Å². The lowest BCUT2D eigenvalue weighted by atomic mass is 9.95. The second-order valence-electron chi connectivity index (χ2n) is 4.92. The van der Waals surface area contributed by atoms with Gasteiger partial charge in [-0.15, -0.1) is 0 Å². The fraction of sp³-hybridized carbons (Fsp3) is 0.923. The number of carbonyl (C=O) groups is 1. The monoisotopic (exact) mass is 276 g/mol. The highest BCUT2D eigenvalue weighted by atomic mass is 32.2. The van der Waals surface area contributed by atoms with Gasteiger partial charge in [0.15, 0.2) is 0 Å². The highest BCUT2D eigenvalue weighted by Crippen LogP contribution is 2.19. The molecule has 0 saturated heterocycles. The summed E-state index contributed by atoms with van der Waals surface area (Å²) in [5.74, 6) is 0.724. The predicted octanol–water partition coefficient (Wildman–Crippen LogP) is 1.51. The van der Waals surface area contributed by atoms with E-state index in [9.17, 15) is 4.79 Å². The summed E-state index contributed by atoms with van der Waals surface area (Å²) >= 11 is 1.84. The summed E-state index contributed by atoms with van der Waals surface area (Å²) in [7, 11) is 0. The van der Waals surface area contributed by atoms with Crippen LogP contribution >= 0.6 is 11.8 Å². The summed E-state index contributed by atoms with van der Waals surface area (Å²) in [4.78, 5) is 11.5. The van der Waals surface area contributed by atoms with Gasteiger partial charge in [0.2, 0.25) is 5.91 Å². The minimum absolute atomic E-state index is 0.241. The maximum absolute atomic E-state index is 11.5. The molecule has 18 heavy (non-hydrogen) atoms. The van der Waals surface area contributed by atoms with Crippen molar-refractivity contribution in [3.8, 4) is 0 Å². The van der Waals surface area contributed by atoms with Crippen molar-refractivity contribution < 1.29 is 9.90 Å². The number of primary amides is 1. The fourth-order valence-corrected chi connectivity index (χ4v) is 2.66. The molecule has 0 radical (unpaired) electrons. The third kappa shape index (κ3) is 7.24. The highest BCUT2D eigenvalue weighted by molar-refractivity contribution is 7.99. The molecule has 0 bridgehead atoms. The summed E-state index contributed by atoms with van der Waals surface area (Å²) in [6.07, 6.45) is 3.54. The molecule has 2 atom stereocenters.